The van der Waals surface area contributed by atoms with E-state index >= 15 is 0 Å². The maximum atomic E-state index is 12.2. The molecule has 2 aromatic rings. The van der Waals surface area contributed by atoms with Crippen molar-refractivity contribution in [2.45, 2.75) is 17.2 Å². The fourth-order valence-corrected chi connectivity index (χ4v) is 3.59. The molecule has 2 rings (SSSR count). The molecule has 0 aliphatic rings. The van der Waals surface area contributed by atoms with Gasteiger partial charge >= 0.3 is 0 Å². The standard InChI is InChI=1S/C15H15ClF2N2OS2/c1-20(8-12-6-7-13(16)22-12)9-14(21)19-10-2-4-11(5-3-10)23-15(17)18/h2-7,15H,8-9H2,1H3,(H,19,21). The number of halogens is 3. The van der Waals surface area contributed by atoms with Gasteiger partial charge in [0, 0.05) is 22.0 Å². The topological polar surface area (TPSA) is 32.3 Å². The van der Waals surface area contributed by atoms with Crippen molar-refractivity contribution >= 4 is 46.3 Å². The van der Waals surface area contributed by atoms with Crippen LogP contribution in [0.4, 0.5) is 14.5 Å². The number of nitrogens with one attached hydrogen (secondary N) is 1. The first-order valence-corrected chi connectivity index (χ1v) is 8.77. The smallest absolute Gasteiger partial charge is 0.288 e. The maximum Gasteiger partial charge on any atom is 0.288 e. The van der Waals surface area contributed by atoms with Gasteiger partial charge in [0.05, 0.1) is 10.9 Å². The number of hydrogen-bond donors (Lipinski definition) is 1. The molecule has 0 aliphatic carbocycles. The van der Waals surface area contributed by atoms with Crippen molar-refractivity contribution in [3.63, 3.8) is 0 Å². The molecule has 0 radical (unpaired) electrons. The number of carbonyl (C=O) groups is 1. The monoisotopic (exact) mass is 376 g/mol. The summed E-state index contributed by atoms with van der Waals surface area (Å²) in [5.41, 5.74) is 0.584. The Hall–Kier alpha value is -1.15. The number of carbonyl (C=O) groups excluding carboxylic acids is 1. The fraction of sp³-hybridized carbons (Fsp3) is 0.267. The molecule has 1 amide bonds. The Morgan fingerprint density at radius 3 is 2.57 bits per heavy atom. The van der Waals surface area contributed by atoms with E-state index < -0.39 is 5.76 Å². The molecular weight excluding hydrogens is 362 g/mol. The van der Waals surface area contributed by atoms with Crippen LogP contribution in [0.5, 0.6) is 0 Å². The van der Waals surface area contributed by atoms with Crippen LogP contribution in [-0.4, -0.2) is 30.2 Å². The summed E-state index contributed by atoms with van der Waals surface area (Å²) >= 11 is 7.83. The van der Waals surface area contributed by atoms with Gasteiger partial charge in [-0.3, -0.25) is 9.69 Å². The molecule has 23 heavy (non-hydrogen) atoms. The lowest BCUT2D eigenvalue weighted by Crippen LogP contribution is -2.29. The van der Waals surface area contributed by atoms with E-state index in [2.05, 4.69) is 5.32 Å². The van der Waals surface area contributed by atoms with Gasteiger partial charge in [-0.25, -0.2) is 0 Å². The second-order valence-corrected chi connectivity index (χ2v) is 7.69. The van der Waals surface area contributed by atoms with Gasteiger partial charge in [-0.1, -0.05) is 23.4 Å². The normalized spacial score (nSPS) is 11.2. The highest BCUT2D eigenvalue weighted by molar-refractivity contribution is 7.99. The summed E-state index contributed by atoms with van der Waals surface area (Å²) in [4.78, 5) is 15.4. The molecule has 0 atom stereocenters. The van der Waals surface area contributed by atoms with Crippen molar-refractivity contribution in [2.24, 2.45) is 0 Å². The highest BCUT2D eigenvalue weighted by atomic mass is 35.5. The summed E-state index contributed by atoms with van der Waals surface area (Å²) in [6.07, 6.45) is 0. The lowest BCUT2D eigenvalue weighted by atomic mass is 10.3. The summed E-state index contributed by atoms with van der Waals surface area (Å²) in [5.74, 6) is -2.61. The Bertz CT molecular complexity index is 649. The molecule has 1 heterocycles. The van der Waals surface area contributed by atoms with Crippen LogP contribution in [0.2, 0.25) is 4.34 Å². The van der Waals surface area contributed by atoms with Crippen molar-refractivity contribution < 1.29 is 13.6 Å². The molecular formula is C15H15ClF2N2OS2. The Balaban J connectivity index is 1.81. The second kappa shape index (κ2) is 8.63. The SMILES string of the molecule is CN(CC(=O)Nc1ccc(SC(F)F)cc1)Cc1ccc(Cl)s1. The number of benzene rings is 1. The molecule has 0 saturated heterocycles. The van der Waals surface area contributed by atoms with Crippen LogP contribution in [0, 0.1) is 0 Å². The van der Waals surface area contributed by atoms with Gasteiger partial charge in [0.2, 0.25) is 5.91 Å². The highest BCUT2D eigenvalue weighted by Crippen LogP contribution is 2.26. The third kappa shape index (κ3) is 6.47. The van der Waals surface area contributed by atoms with Crippen molar-refractivity contribution in [3.05, 3.63) is 45.6 Å². The van der Waals surface area contributed by atoms with Gasteiger partial charge in [0.25, 0.3) is 5.76 Å². The first-order valence-electron chi connectivity index (χ1n) is 6.70. The zero-order chi connectivity index (χ0) is 16.8. The van der Waals surface area contributed by atoms with E-state index in [4.69, 9.17) is 11.6 Å². The number of thiophene rings is 1. The minimum atomic E-state index is -2.45. The Morgan fingerprint density at radius 2 is 2.00 bits per heavy atom. The predicted molar refractivity (Wildman–Crippen MR) is 92.6 cm³/mol. The van der Waals surface area contributed by atoms with Gasteiger partial charge in [0.1, 0.15) is 0 Å². The molecule has 3 nitrogen and oxygen atoms in total. The lowest BCUT2D eigenvalue weighted by Gasteiger charge is -2.15. The zero-order valence-electron chi connectivity index (χ0n) is 12.3. The second-order valence-electron chi connectivity index (χ2n) is 4.83. The molecule has 0 fully saturated rings. The predicted octanol–water partition coefficient (Wildman–Crippen LogP) is 4.79. The van der Waals surface area contributed by atoms with E-state index in [1.54, 1.807) is 24.3 Å². The molecule has 0 aliphatic heterocycles. The maximum absolute atomic E-state index is 12.2. The summed E-state index contributed by atoms with van der Waals surface area (Å²) in [7, 11) is 1.84. The van der Waals surface area contributed by atoms with Crippen LogP contribution >= 0.6 is 34.7 Å². The van der Waals surface area contributed by atoms with E-state index in [1.807, 2.05) is 24.1 Å². The van der Waals surface area contributed by atoms with Crippen LogP contribution in [0.3, 0.4) is 0 Å². The average Bonchev–Trinajstić information content (AvgIpc) is 2.85. The number of amides is 1. The van der Waals surface area contributed by atoms with Gasteiger partial charge in [0.15, 0.2) is 0 Å². The van der Waals surface area contributed by atoms with Crippen molar-refractivity contribution in [1.29, 1.82) is 0 Å². The molecule has 0 unspecified atom stereocenters. The minimum absolute atomic E-state index is 0.163. The first-order chi connectivity index (χ1) is 10.9. The first kappa shape index (κ1) is 18.2. The van der Waals surface area contributed by atoms with Crippen molar-refractivity contribution in [3.8, 4) is 0 Å². The summed E-state index contributed by atoms with van der Waals surface area (Å²) < 4.78 is 25.2. The molecule has 1 N–H and O–H groups in total. The van der Waals surface area contributed by atoms with Crippen molar-refractivity contribution in [2.75, 3.05) is 18.9 Å². The van der Waals surface area contributed by atoms with Gasteiger partial charge in [-0.05, 0) is 43.4 Å². The van der Waals surface area contributed by atoms with Crippen molar-refractivity contribution in [1.82, 2.24) is 4.90 Å². The summed E-state index contributed by atoms with van der Waals surface area (Å²) in [6.45, 7) is 0.859. The van der Waals surface area contributed by atoms with E-state index in [0.29, 0.717) is 28.9 Å². The number of nitrogens with zero attached hydrogens (tertiary/aromatic N) is 1. The largest absolute Gasteiger partial charge is 0.325 e. The summed E-state index contributed by atoms with van der Waals surface area (Å²) in [6, 6.07) is 10.1. The van der Waals surface area contributed by atoms with Crippen LogP contribution in [0.25, 0.3) is 0 Å². The fourth-order valence-electron chi connectivity index (χ4n) is 1.92. The molecule has 0 spiro atoms. The third-order valence-electron chi connectivity index (χ3n) is 2.83. The molecule has 1 aromatic carbocycles. The lowest BCUT2D eigenvalue weighted by molar-refractivity contribution is -0.117. The minimum Gasteiger partial charge on any atom is -0.325 e. The van der Waals surface area contributed by atoms with E-state index in [0.717, 1.165) is 9.21 Å². The van der Waals surface area contributed by atoms with Gasteiger partial charge in [-0.2, -0.15) is 8.78 Å². The number of hydrogen-bond acceptors (Lipinski definition) is 4. The quantitative estimate of drug-likeness (QED) is 0.705. The Labute approximate surface area is 146 Å². The zero-order valence-corrected chi connectivity index (χ0v) is 14.7. The van der Waals surface area contributed by atoms with Crippen LogP contribution in [-0.2, 0) is 11.3 Å². The van der Waals surface area contributed by atoms with Gasteiger partial charge in [-0.15, -0.1) is 11.3 Å². The van der Waals surface area contributed by atoms with E-state index in [1.165, 1.54) is 11.3 Å². The molecule has 1 aromatic heterocycles. The molecule has 8 heteroatoms. The summed E-state index contributed by atoms with van der Waals surface area (Å²) in [5, 5.41) is 2.74. The number of anilines is 1. The highest BCUT2D eigenvalue weighted by Gasteiger charge is 2.10. The number of rotatable bonds is 7. The van der Waals surface area contributed by atoms with Crippen LogP contribution < -0.4 is 5.32 Å². The van der Waals surface area contributed by atoms with Gasteiger partial charge < -0.3 is 5.32 Å². The molecule has 0 bridgehead atoms. The number of thioether (sulfide) groups is 1. The Kier molecular flexibility index (Phi) is 6.83. The van der Waals surface area contributed by atoms with Crippen LogP contribution in [0.1, 0.15) is 4.88 Å². The average molecular weight is 377 g/mol. The third-order valence-corrected chi connectivity index (χ3v) is 4.77. The number of likely N-dealkylation sites (N-methyl/N-ethyl adjacent to an activating group) is 1. The Morgan fingerprint density at radius 1 is 1.30 bits per heavy atom. The number of alkyl halides is 2. The molecule has 0 saturated carbocycles. The molecule has 124 valence electrons. The van der Waals surface area contributed by atoms with E-state index in [-0.39, 0.29) is 12.5 Å². The van der Waals surface area contributed by atoms with E-state index in [9.17, 15) is 13.6 Å². The van der Waals surface area contributed by atoms with Crippen LogP contribution in [0.15, 0.2) is 41.3 Å².